The van der Waals surface area contributed by atoms with Crippen LogP contribution in [0.3, 0.4) is 0 Å². The lowest BCUT2D eigenvalue weighted by atomic mass is 10.0. The summed E-state index contributed by atoms with van der Waals surface area (Å²) in [5.41, 5.74) is 6.14. The van der Waals surface area contributed by atoms with E-state index in [1.807, 2.05) is 0 Å². The number of nitrogens with two attached hydrogens (primary N) is 1. The van der Waals surface area contributed by atoms with E-state index in [1.165, 1.54) is 6.07 Å². The maximum atomic E-state index is 12.0. The predicted molar refractivity (Wildman–Crippen MR) is 54.4 cm³/mol. The lowest BCUT2D eigenvalue weighted by Crippen LogP contribution is -2.18. The van der Waals surface area contributed by atoms with Crippen molar-refractivity contribution in [2.24, 2.45) is 11.7 Å². The average molecular weight is 247 g/mol. The van der Waals surface area contributed by atoms with Gasteiger partial charge in [-0.1, -0.05) is 0 Å². The Kier molecular flexibility index (Phi) is 2.91. The van der Waals surface area contributed by atoms with Crippen molar-refractivity contribution in [3.63, 3.8) is 0 Å². The normalized spacial score (nSPS) is 17.9. The second-order valence-electron chi connectivity index (χ2n) is 4.13. The van der Waals surface area contributed by atoms with Gasteiger partial charge in [-0.05, 0) is 37.0 Å². The summed E-state index contributed by atoms with van der Waals surface area (Å²) in [5, 5.41) is 9.56. The quantitative estimate of drug-likeness (QED) is 0.863. The van der Waals surface area contributed by atoms with Crippen LogP contribution >= 0.6 is 0 Å². The Bertz CT molecular complexity index is 416. The van der Waals surface area contributed by atoms with Crippen molar-refractivity contribution in [3.05, 3.63) is 23.8 Å². The Morgan fingerprint density at radius 3 is 2.53 bits per heavy atom. The predicted octanol–water partition coefficient (Wildman–Crippen LogP) is 2.70. The fourth-order valence-electron chi connectivity index (χ4n) is 1.71. The van der Waals surface area contributed by atoms with Crippen molar-refractivity contribution in [2.75, 3.05) is 0 Å². The SMILES string of the molecule is N[C@@H](c1cc(OC(F)(F)F)ccc1O)C1CC1. The molecule has 0 aliphatic heterocycles. The zero-order valence-corrected chi connectivity index (χ0v) is 8.87. The van der Waals surface area contributed by atoms with Gasteiger partial charge in [0.1, 0.15) is 11.5 Å². The van der Waals surface area contributed by atoms with E-state index in [4.69, 9.17) is 5.73 Å². The van der Waals surface area contributed by atoms with Crippen LogP contribution in [0.1, 0.15) is 24.4 Å². The van der Waals surface area contributed by atoms with Crippen LogP contribution in [-0.4, -0.2) is 11.5 Å². The second kappa shape index (κ2) is 4.10. The molecule has 6 heteroatoms. The summed E-state index contributed by atoms with van der Waals surface area (Å²) in [4.78, 5) is 0. The number of hydrogen-bond donors (Lipinski definition) is 2. The molecular formula is C11H12F3NO2. The fraction of sp³-hybridized carbons (Fsp3) is 0.455. The first-order valence-electron chi connectivity index (χ1n) is 5.21. The van der Waals surface area contributed by atoms with E-state index >= 15 is 0 Å². The third kappa shape index (κ3) is 3.03. The number of benzene rings is 1. The highest BCUT2D eigenvalue weighted by Gasteiger charge is 2.33. The summed E-state index contributed by atoms with van der Waals surface area (Å²) >= 11 is 0. The summed E-state index contributed by atoms with van der Waals surface area (Å²) in [6.07, 6.45) is -2.87. The first kappa shape index (κ1) is 12.0. The Hall–Kier alpha value is -1.43. The number of phenolic OH excluding ortho intramolecular Hbond substituents is 1. The molecule has 94 valence electrons. The Labute approximate surface area is 96.0 Å². The van der Waals surface area contributed by atoms with Gasteiger partial charge in [0, 0.05) is 11.6 Å². The maximum Gasteiger partial charge on any atom is 0.573 e. The van der Waals surface area contributed by atoms with E-state index in [2.05, 4.69) is 4.74 Å². The number of hydrogen-bond acceptors (Lipinski definition) is 3. The van der Waals surface area contributed by atoms with Crippen molar-refractivity contribution in [3.8, 4) is 11.5 Å². The Balaban J connectivity index is 2.22. The summed E-state index contributed by atoms with van der Waals surface area (Å²) in [5.74, 6) is -0.220. The molecule has 0 spiro atoms. The lowest BCUT2D eigenvalue weighted by molar-refractivity contribution is -0.274. The maximum absolute atomic E-state index is 12.0. The molecular weight excluding hydrogens is 235 g/mol. The second-order valence-corrected chi connectivity index (χ2v) is 4.13. The van der Waals surface area contributed by atoms with E-state index in [0.29, 0.717) is 5.56 Å². The molecule has 3 N–H and O–H groups in total. The number of rotatable bonds is 3. The van der Waals surface area contributed by atoms with Gasteiger partial charge < -0.3 is 15.6 Å². The molecule has 0 amide bonds. The minimum Gasteiger partial charge on any atom is -0.508 e. The van der Waals surface area contributed by atoms with E-state index in [-0.39, 0.29) is 17.4 Å². The zero-order valence-electron chi connectivity index (χ0n) is 8.87. The van der Waals surface area contributed by atoms with Gasteiger partial charge >= 0.3 is 6.36 Å². The van der Waals surface area contributed by atoms with Crippen LogP contribution in [0.5, 0.6) is 11.5 Å². The molecule has 0 saturated heterocycles. The van der Waals surface area contributed by atoms with Gasteiger partial charge in [-0.15, -0.1) is 13.2 Å². The number of aromatic hydroxyl groups is 1. The van der Waals surface area contributed by atoms with E-state index in [9.17, 15) is 18.3 Å². The van der Waals surface area contributed by atoms with Gasteiger partial charge in [0.05, 0.1) is 0 Å². The molecule has 0 heterocycles. The van der Waals surface area contributed by atoms with Crippen LogP contribution in [0.25, 0.3) is 0 Å². The van der Waals surface area contributed by atoms with E-state index < -0.39 is 12.4 Å². The molecule has 1 aliphatic rings. The molecule has 3 nitrogen and oxygen atoms in total. The van der Waals surface area contributed by atoms with Gasteiger partial charge in [0.25, 0.3) is 0 Å². The summed E-state index contributed by atoms with van der Waals surface area (Å²) in [6.45, 7) is 0. The molecule has 17 heavy (non-hydrogen) atoms. The largest absolute Gasteiger partial charge is 0.573 e. The minimum atomic E-state index is -4.74. The number of phenols is 1. The molecule has 1 aliphatic carbocycles. The highest BCUT2D eigenvalue weighted by atomic mass is 19.4. The molecule has 1 aromatic carbocycles. The van der Waals surface area contributed by atoms with E-state index in [1.54, 1.807) is 0 Å². The number of ether oxygens (including phenoxy) is 1. The van der Waals surface area contributed by atoms with Gasteiger partial charge in [-0.2, -0.15) is 0 Å². The monoisotopic (exact) mass is 247 g/mol. The van der Waals surface area contributed by atoms with Crippen molar-refractivity contribution < 1.29 is 23.0 Å². The van der Waals surface area contributed by atoms with E-state index in [0.717, 1.165) is 25.0 Å². The minimum absolute atomic E-state index is 0.0982. The van der Waals surface area contributed by atoms with Crippen molar-refractivity contribution >= 4 is 0 Å². The van der Waals surface area contributed by atoms with Gasteiger partial charge in [-0.25, -0.2) is 0 Å². The van der Waals surface area contributed by atoms with Crippen LogP contribution in [0.2, 0.25) is 0 Å². The number of alkyl halides is 3. The molecule has 0 aromatic heterocycles. The molecule has 1 atom stereocenters. The van der Waals surface area contributed by atoms with Gasteiger partial charge in [-0.3, -0.25) is 0 Å². The highest BCUT2D eigenvalue weighted by molar-refractivity contribution is 5.41. The first-order valence-corrected chi connectivity index (χ1v) is 5.21. The van der Waals surface area contributed by atoms with Crippen molar-refractivity contribution in [2.45, 2.75) is 25.2 Å². The molecule has 0 bridgehead atoms. The van der Waals surface area contributed by atoms with Crippen LogP contribution in [0.4, 0.5) is 13.2 Å². The topological polar surface area (TPSA) is 55.5 Å². The zero-order chi connectivity index (χ0) is 12.6. The Morgan fingerprint density at radius 1 is 1.35 bits per heavy atom. The lowest BCUT2D eigenvalue weighted by Gasteiger charge is -2.15. The van der Waals surface area contributed by atoms with Gasteiger partial charge in [0.2, 0.25) is 0 Å². The van der Waals surface area contributed by atoms with Crippen LogP contribution in [0, 0.1) is 5.92 Å². The molecule has 0 radical (unpaired) electrons. The highest BCUT2D eigenvalue weighted by Crippen LogP contribution is 2.43. The van der Waals surface area contributed by atoms with Gasteiger partial charge in [0.15, 0.2) is 0 Å². The number of halogens is 3. The van der Waals surface area contributed by atoms with Crippen molar-refractivity contribution in [1.29, 1.82) is 0 Å². The third-order valence-electron chi connectivity index (χ3n) is 2.72. The summed E-state index contributed by atoms with van der Waals surface area (Å²) in [7, 11) is 0. The molecule has 2 rings (SSSR count). The fourth-order valence-corrected chi connectivity index (χ4v) is 1.71. The smallest absolute Gasteiger partial charge is 0.508 e. The summed E-state index contributed by atoms with van der Waals surface area (Å²) < 4.78 is 39.9. The first-order chi connectivity index (χ1) is 7.87. The van der Waals surface area contributed by atoms with Crippen LogP contribution in [-0.2, 0) is 0 Å². The molecule has 1 aromatic rings. The average Bonchev–Trinajstić information content (AvgIpc) is 3.01. The standard InChI is InChI=1S/C11H12F3NO2/c12-11(13,14)17-7-3-4-9(16)8(5-7)10(15)6-1-2-6/h3-6,10,16H,1-2,15H2/t10-/m1/s1. The molecule has 1 fully saturated rings. The van der Waals surface area contributed by atoms with Crippen LogP contribution < -0.4 is 10.5 Å². The molecule has 1 saturated carbocycles. The Morgan fingerprint density at radius 2 is 2.00 bits per heavy atom. The van der Waals surface area contributed by atoms with Crippen LogP contribution in [0.15, 0.2) is 18.2 Å². The third-order valence-corrected chi connectivity index (χ3v) is 2.72. The molecule has 0 unspecified atom stereocenters. The summed E-state index contributed by atoms with van der Waals surface area (Å²) in [6, 6.07) is 2.93. The van der Waals surface area contributed by atoms with Crippen molar-refractivity contribution in [1.82, 2.24) is 0 Å².